The van der Waals surface area contributed by atoms with Crippen LogP contribution in [0.25, 0.3) is 0 Å². The summed E-state index contributed by atoms with van der Waals surface area (Å²) in [5, 5.41) is 0. The lowest BCUT2D eigenvalue weighted by Gasteiger charge is -2.12. The number of anilines is 1. The molecule has 0 bridgehead atoms. The molecular formula is C18H18N2. The lowest BCUT2D eigenvalue weighted by Crippen LogP contribution is -2.06. The molecule has 0 radical (unpaired) electrons. The van der Waals surface area contributed by atoms with Crippen molar-refractivity contribution in [1.82, 2.24) is 0 Å². The summed E-state index contributed by atoms with van der Waals surface area (Å²) < 4.78 is 0. The maximum atomic E-state index is 4.32. The summed E-state index contributed by atoms with van der Waals surface area (Å²) in [6.45, 7) is 0. The maximum absolute atomic E-state index is 4.32. The van der Waals surface area contributed by atoms with Crippen molar-refractivity contribution in [3.63, 3.8) is 0 Å². The fraction of sp³-hybridized carbons (Fsp3) is 0.0556. The molecule has 2 heteroatoms. The van der Waals surface area contributed by atoms with Crippen molar-refractivity contribution in [2.45, 2.75) is 0 Å². The average molecular weight is 262 g/mol. The zero-order chi connectivity index (χ0) is 14.0. The second-order valence-electron chi connectivity index (χ2n) is 4.29. The Bertz CT molecular complexity index is 583. The summed E-state index contributed by atoms with van der Waals surface area (Å²) in [6, 6.07) is 20.1. The Morgan fingerprint density at radius 3 is 2.15 bits per heavy atom. The summed E-state index contributed by atoms with van der Waals surface area (Å²) in [6.07, 6.45) is 9.68. The summed E-state index contributed by atoms with van der Waals surface area (Å²) in [7, 11) is 2.03. The molecule has 0 aliphatic rings. The molecule has 0 fully saturated rings. The van der Waals surface area contributed by atoms with Crippen molar-refractivity contribution in [2.75, 3.05) is 11.9 Å². The zero-order valence-corrected chi connectivity index (χ0v) is 11.6. The number of benzene rings is 2. The van der Waals surface area contributed by atoms with Crippen LogP contribution in [0.1, 0.15) is 0 Å². The van der Waals surface area contributed by atoms with Crippen molar-refractivity contribution in [3.05, 3.63) is 85.1 Å². The molecule has 0 saturated heterocycles. The smallest absolute Gasteiger partial charge is 0.0629 e. The summed E-state index contributed by atoms with van der Waals surface area (Å²) in [5.74, 6) is 0. The monoisotopic (exact) mass is 262 g/mol. The number of rotatable bonds is 5. The molecule has 0 heterocycles. The number of nitrogens with zero attached hydrogens (tertiary/aromatic N) is 2. The molecule has 2 aromatic rings. The Balaban J connectivity index is 1.84. The second kappa shape index (κ2) is 7.74. The number of hydrogen-bond donors (Lipinski definition) is 0. The SMILES string of the molecule is CN(/C=C/C=C/C=Nc1ccccc1)c1ccccc1. The zero-order valence-electron chi connectivity index (χ0n) is 11.6. The van der Waals surface area contributed by atoms with E-state index in [4.69, 9.17) is 0 Å². The van der Waals surface area contributed by atoms with Gasteiger partial charge in [-0.2, -0.15) is 0 Å². The van der Waals surface area contributed by atoms with Crippen LogP contribution in [0.2, 0.25) is 0 Å². The molecule has 2 aromatic carbocycles. The van der Waals surface area contributed by atoms with E-state index in [1.165, 1.54) is 0 Å². The van der Waals surface area contributed by atoms with Gasteiger partial charge in [-0.1, -0.05) is 42.5 Å². The molecule has 0 saturated carbocycles. The predicted octanol–water partition coefficient (Wildman–Crippen LogP) is 4.60. The minimum atomic E-state index is 0.961. The third-order valence-electron chi connectivity index (χ3n) is 2.76. The molecule has 0 aromatic heterocycles. The standard InChI is InChI=1S/C18H18N2/c1-20(18-13-7-3-8-14-18)16-10-4-9-15-19-17-11-5-2-6-12-17/h2-16H,1H3/b9-4+,16-10+,19-15?. The maximum Gasteiger partial charge on any atom is 0.0629 e. The molecule has 0 atom stereocenters. The second-order valence-corrected chi connectivity index (χ2v) is 4.29. The van der Waals surface area contributed by atoms with E-state index in [0.29, 0.717) is 0 Å². The van der Waals surface area contributed by atoms with Crippen LogP contribution in [-0.4, -0.2) is 13.3 Å². The van der Waals surface area contributed by atoms with Gasteiger partial charge in [0.1, 0.15) is 0 Å². The number of hydrogen-bond acceptors (Lipinski definition) is 2. The normalized spacial score (nSPS) is 11.7. The topological polar surface area (TPSA) is 15.6 Å². The van der Waals surface area contributed by atoms with Gasteiger partial charge in [-0.15, -0.1) is 0 Å². The van der Waals surface area contributed by atoms with Gasteiger partial charge in [0.15, 0.2) is 0 Å². The van der Waals surface area contributed by atoms with Gasteiger partial charge in [-0.05, 0) is 36.4 Å². The van der Waals surface area contributed by atoms with Crippen molar-refractivity contribution in [2.24, 2.45) is 4.99 Å². The molecular weight excluding hydrogens is 244 g/mol. The van der Waals surface area contributed by atoms with Crippen molar-refractivity contribution in [1.29, 1.82) is 0 Å². The first kappa shape index (κ1) is 13.8. The molecule has 2 rings (SSSR count). The van der Waals surface area contributed by atoms with Crippen LogP contribution in [0.3, 0.4) is 0 Å². The Kier molecular flexibility index (Phi) is 5.35. The van der Waals surface area contributed by atoms with Crippen LogP contribution >= 0.6 is 0 Å². The third kappa shape index (κ3) is 4.58. The fourth-order valence-electron chi connectivity index (χ4n) is 1.68. The average Bonchev–Trinajstić information content (AvgIpc) is 2.52. The Hall–Kier alpha value is -2.61. The highest BCUT2D eigenvalue weighted by Crippen LogP contribution is 2.11. The Morgan fingerprint density at radius 2 is 1.45 bits per heavy atom. The molecule has 0 N–H and O–H groups in total. The molecule has 0 unspecified atom stereocenters. The van der Waals surface area contributed by atoms with E-state index in [1.54, 1.807) is 6.21 Å². The van der Waals surface area contributed by atoms with Gasteiger partial charge >= 0.3 is 0 Å². The van der Waals surface area contributed by atoms with Crippen molar-refractivity contribution < 1.29 is 0 Å². The van der Waals surface area contributed by atoms with Crippen molar-refractivity contribution >= 4 is 17.6 Å². The summed E-state index contributed by atoms with van der Waals surface area (Å²) in [5.41, 5.74) is 2.12. The van der Waals surface area contributed by atoms with Crippen molar-refractivity contribution in [3.8, 4) is 0 Å². The molecule has 0 amide bonds. The van der Waals surface area contributed by atoms with E-state index in [1.807, 2.05) is 80.0 Å². The van der Waals surface area contributed by atoms with Crippen LogP contribution in [0.4, 0.5) is 11.4 Å². The molecule has 20 heavy (non-hydrogen) atoms. The Morgan fingerprint density at radius 1 is 0.800 bits per heavy atom. The number of allylic oxidation sites excluding steroid dienone is 3. The molecule has 0 aliphatic carbocycles. The fourth-order valence-corrected chi connectivity index (χ4v) is 1.68. The van der Waals surface area contributed by atoms with E-state index in [0.717, 1.165) is 11.4 Å². The predicted molar refractivity (Wildman–Crippen MR) is 87.7 cm³/mol. The first-order valence-corrected chi connectivity index (χ1v) is 6.57. The van der Waals surface area contributed by atoms with Gasteiger partial charge in [0.2, 0.25) is 0 Å². The van der Waals surface area contributed by atoms with E-state index >= 15 is 0 Å². The highest BCUT2D eigenvalue weighted by Gasteiger charge is 1.91. The van der Waals surface area contributed by atoms with Crippen LogP contribution < -0.4 is 4.90 Å². The van der Waals surface area contributed by atoms with Crippen LogP contribution in [0, 0.1) is 0 Å². The van der Waals surface area contributed by atoms with Crippen LogP contribution in [-0.2, 0) is 0 Å². The quantitative estimate of drug-likeness (QED) is 0.568. The molecule has 0 spiro atoms. The third-order valence-corrected chi connectivity index (χ3v) is 2.76. The summed E-state index contributed by atoms with van der Waals surface area (Å²) in [4.78, 5) is 6.39. The minimum absolute atomic E-state index is 0.961. The lowest BCUT2D eigenvalue weighted by atomic mass is 10.3. The van der Waals surface area contributed by atoms with Gasteiger partial charge in [-0.25, -0.2) is 0 Å². The molecule has 0 aliphatic heterocycles. The number of para-hydroxylation sites is 2. The largest absolute Gasteiger partial charge is 0.351 e. The van der Waals surface area contributed by atoms with E-state index < -0.39 is 0 Å². The van der Waals surface area contributed by atoms with Crippen LogP contribution in [0.5, 0.6) is 0 Å². The molecule has 100 valence electrons. The Labute approximate surface area is 120 Å². The van der Waals surface area contributed by atoms with Gasteiger partial charge in [0, 0.05) is 25.1 Å². The molecule has 2 nitrogen and oxygen atoms in total. The number of aliphatic imine (C=N–C) groups is 1. The van der Waals surface area contributed by atoms with Gasteiger partial charge in [0.05, 0.1) is 5.69 Å². The highest BCUT2D eigenvalue weighted by molar-refractivity contribution is 5.74. The van der Waals surface area contributed by atoms with Crippen LogP contribution in [0.15, 0.2) is 90.1 Å². The van der Waals surface area contributed by atoms with E-state index in [-0.39, 0.29) is 0 Å². The van der Waals surface area contributed by atoms with E-state index in [9.17, 15) is 0 Å². The van der Waals surface area contributed by atoms with Gasteiger partial charge in [-0.3, -0.25) is 4.99 Å². The van der Waals surface area contributed by atoms with Gasteiger partial charge in [0.25, 0.3) is 0 Å². The van der Waals surface area contributed by atoms with E-state index in [2.05, 4.69) is 22.0 Å². The summed E-state index contributed by atoms with van der Waals surface area (Å²) >= 11 is 0. The first-order chi connectivity index (χ1) is 9.86. The first-order valence-electron chi connectivity index (χ1n) is 6.57. The lowest BCUT2D eigenvalue weighted by molar-refractivity contribution is 1.20. The van der Waals surface area contributed by atoms with Gasteiger partial charge < -0.3 is 4.90 Å². The highest BCUT2D eigenvalue weighted by atomic mass is 15.1. The minimum Gasteiger partial charge on any atom is -0.351 e.